The van der Waals surface area contributed by atoms with Gasteiger partial charge in [-0.2, -0.15) is 4.98 Å². The van der Waals surface area contributed by atoms with Gasteiger partial charge in [-0.05, 0) is 46.2 Å². The summed E-state index contributed by atoms with van der Waals surface area (Å²) in [7, 11) is 1.12. The third-order valence-electron chi connectivity index (χ3n) is 15.3. The van der Waals surface area contributed by atoms with Gasteiger partial charge in [0, 0.05) is 6.92 Å². The largest absolute Gasteiger partial charge is 0.467 e. The molecule has 2 aromatic heterocycles. The average Bonchev–Trinajstić information content (AvgIpc) is 1.64. The van der Waals surface area contributed by atoms with Crippen LogP contribution in [0.15, 0.2) is 200 Å². The number of fused-ring (bicyclic) bond motifs is 2. The van der Waals surface area contributed by atoms with E-state index < -0.39 is 103 Å². The molecular weight excluding hydrogens is 1200 g/mol. The van der Waals surface area contributed by atoms with Gasteiger partial charge in [-0.15, -0.1) is 0 Å². The van der Waals surface area contributed by atoms with Crippen molar-refractivity contribution in [3.63, 3.8) is 0 Å². The monoisotopic (exact) mass is 1270 g/mol. The van der Waals surface area contributed by atoms with Crippen LogP contribution in [0.5, 0.6) is 0 Å². The first-order valence-corrected chi connectivity index (χ1v) is 29.9. The van der Waals surface area contributed by atoms with E-state index >= 15 is 9.59 Å². The van der Waals surface area contributed by atoms with Gasteiger partial charge in [0.1, 0.15) is 55.8 Å². The molecular formula is C68H70N10O15. The van der Waals surface area contributed by atoms with E-state index in [-0.39, 0.29) is 69.8 Å². The molecule has 2 aliphatic heterocycles. The Morgan fingerprint density at radius 2 is 1.15 bits per heavy atom. The molecule has 2 saturated heterocycles. The molecule has 4 amide bonds. The first kappa shape index (κ1) is 65.5. The number of aromatic nitrogens is 4. The van der Waals surface area contributed by atoms with Crippen LogP contribution in [0.25, 0.3) is 11.2 Å². The van der Waals surface area contributed by atoms with Gasteiger partial charge >= 0.3 is 24.1 Å². The van der Waals surface area contributed by atoms with Gasteiger partial charge in [-0.25, -0.2) is 34.1 Å². The molecule has 25 nitrogen and oxygen atoms in total. The Morgan fingerprint density at radius 1 is 0.634 bits per heavy atom. The lowest BCUT2D eigenvalue weighted by atomic mass is 9.78. The molecule has 0 saturated carbocycles. The highest BCUT2D eigenvalue weighted by Crippen LogP contribution is 2.50. The summed E-state index contributed by atoms with van der Waals surface area (Å²) in [5.41, 5.74) is 9.11. The Hall–Kier alpha value is -10.4. The second-order valence-electron chi connectivity index (χ2n) is 21.8. The van der Waals surface area contributed by atoms with Gasteiger partial charge in [0.15, 0.2) is 35.5 Å². The van der Waals surface area contributed by atoms with Crippen LogP contribution < -0.4 is 27.0 Å². The van der Waals surface area contributed by atoms with E-state index in [2.05, 4.69) is 41.2 Å². The number of hydrogen-bond donors (Lipinski definition) is 5. The number of rotatable bonds is 27. The van der Waals surface area contributed by atoms with Gasteiger partial charge in [-0.1, -0.05) is 182 Å². The summed E-state index contributed by atoms with van der Waals surface area (Å²) < 4.78 is 59.4. The van der Waals surface area contributed by atoms with Crippen LogP contribution in [0.1, 0.15) is 59.4 Å². The van der Waals surface area contributed by atoms with Crippen LogP contribution in [0, 0.1) is 0 Å². The van der Waals surface area contributed by atoms with E-state index in [1.165, 1.54) is 24.0 Å². The molecule has 0 spiro atoms. The molecule has 0 aliphatic carbocycles. The van der Waals surface area contributed by atoms with Gasteiger partial charge in [-0.3, -0.25) is 24.8 Å². The van der Waals surface area contributed by atoms with Crippen molar-refractivity contribution in [2.75, 3.05) is 19.0 Å². The Morgan fingerprint density at radius 3 is 1.70 bits per heavy atom. The summed E-state index contributed by atoms with van der Waals surface area (Å²) in [6.07, 6.45) is -6.71. The molecule has 9 atom stereocenters. The lowest BCUT2D eigenvalue weighted by Crippen LogP contribution is -2.73. The van der Waals surface area contributed by atoms with Crippen molar-refractivity contribution in [3.8, 4) is 0 Å². The first-order valence-electron chi connectivity index (χ1n) is 29.9. The molecule has 1 unspecified atom stereocenters. The Kier molecular flexibility index (Phi) is 22.6. The number of aliphatic imine (C=N–C) groups is 1. The zero-order chi connectivity index (χ0) is 64.9. The maximum Gasteiger partial charge on any atom is 0.414 e. The predicted octanol–water partition coefficient (Wildman–Crippen LogP) is 7.29. The lowest BCUT2D eigenvalue weighted by molar-refractivity contribution is -0.317. The second-order valence-corrected chi connectivity index (χ2v) is 21.8. The molecule has 8 aromatic rings. The normalized spacial score (nSPS) is 19.4. The number of imidazole rings is 1. The third kappa shape index (κ3) is 17.3. The molecule has 93 heavy (non-hydrogen) atoms. The predicted molar refractivity (Wildman–Crippen MR) is 335 cm³/mol. The van der Waals surface area contributed by atoms with E-state index in [1.54, 1.807) is 84.9 Å². The number of carbonyl (C=O) groups is 6. The Labute approximate surface area is 535 Å². The zero-order valence-corrected chi connectivity index (χ0v) is 50.9. The Balaban J connectivity index is 1.05. The number of esters is 2. The van der Waals surface area contributed by atoms with E-state index in [4.69, 9.17) is 48.4 Å². The molecule has 6 N–H and O–H groups in total. The number of guanidine groups is 1. The van der Waals surface area contributed by atoms with Gasteiger partial charge in [0.05, 0.1) is 46.1 Å². The van der Waals surface area contributed by atoms with Crippen molar-refractivity contribution in [3.05, 3.63) is 228 Å². The topological polar surface area (TPSA) is 316 Å². The number of nitrogens with two attached hydrogens (primary N) is 1. The van der Waals surface area contributed by atoms with Crippen LogP contribution in [0.2, 0.25) is 0 Å². The molecule has 6 aromatic carbocycles. The highest BCUT2D eigenvalue weighted by atomic mass is 16.7. The molecule has 2 aliphatic rings. The summed E-state index contributed by atoms with van der Waals surface area (Å²) in [4.78, 5) is 102. The molecule has 10 rings (SSSR count). The molecule has 2 fully saturated rings. The molecule has 4 heterocycles. The van der Waals surface area contributed by atoms with E-state index in [0.29, 0.717) is 22.3 Å². The number of hydrogen-bond acceptors (Lipinski definition) is 19. The number of nitrogens with zero attached hydrogens (tertiary/aromatic N) is 5. The maximum absolute atomic E-state index is 15.6. The summed E-state index contributed by atoms with van der Waals surface area (Å²) in [6, 6.07) is 49.4. The summed E-state index contributed by atoms with van der Waals surface area (Å²) in [5, 5.41) is 10.4. The number of ether oxygens (including phenoxy) is 9. The Bertz CT molecular complexity index is 3800. The van der Waals surface area contributed by atoms with Crippen LogP contribution in [-0.2, 0) is 101 Å². The van der Waals surface area contributed by atoms with Gasteiger partial charge < -0.3 is 59.0 Å². The second kappa shape index (κ2) is 32.0. The van der Waals surface area contributed by atoms with E-state index in [0.717, 1.165) is 18.2 Å². The molecule has 25 heteroatoms. The third-order valence-corrected chi connectivity index (χ3v) is 15.3. The zero-order valence-electron chi connectivity index (χ0n) is 50.9. The van der Waals surface area contributed by atoms with Crippen molar-refractivity contribution >= 4 is 59.0 Å². The quantitative estimate of drug-likeness (QED) is 0.0146. The van der Waals surface area contributed by atoms with Crippen molar-refractivity contribution < 1.29 is 71.4 Å². The smallest absolute Gasteiger partial charge is 0.414 e. The highest BCUT2D eigenvalue weighted by Gasteiger charge is 2.69. The van der Waals surface area contributed by atoms with Crippen molar-refractivity contribution in [2.24, 2.45) is 10.7 Å². The van der Waals surface area contributed by atoms with Crippen LogP contribution >= 0.6 is 0 Å². The van der Waals surface area contributed by atoms with Crippen molar-refractivity contribution in [1.29, 1.82) is 0 Å². The van der Waals surface area contributed by atoms with Crippen molar-refractivity contribution in [2.45, 2.75) is 114 Å². The summed E-state index contributed by atoms with van der Waals surface area (Å²) in [5.74, 6) is -4.01. The SMILES string of the molecule is COC(=O)[C@@H](NC(=O)[C@H](CCC(N=C(N)NC(=O)OCc1ccccc1)C(=O)OCc1ccccc1)NC(=O)OCc1ccccc1)[C@H]1O[C@H](n2cnc3cnc(NC(C)=O)nc32)[C@@H]2OC[C@H](OCc3ccccc3)[C@]2(OCc2ccccc2)[C@@H]1OCc1ccccc1. The summed E-state index contributed by atoms with van der Waals surface area (Å²) in [6.45, 7) is 0.525. The van der Waals surface area contributed by atoms with E-state index in [1.807, 2.05) is 97.1 Å². The maximum atomic E-state index is 15.6. The van der Waals surface area contributed by atoms with Crippen molar-refractivity contribution in [1.82, 2.24) is 35.5 Å². The standard InChI is InChI=1S/C68H70N10O15/c1-44(79)72-65-70-35-53-59(76-65)78(43-71-53)61-58-68(92-41-50-31-19-8-20-32-50,54(42-88-58)86-36-45-21-9-3-10-22-45)57(87-37-46-23-11-4-12-24-46)56(93-61)55(63(82)85-2)75-60(80)51(74-66(83)90-39-48-27-15-6-16-28-48)33-34-52(62(81)89-38-47-25-13-5-14-26-47)73-64(69)77-67(84)91-40-49-29-17-7-18-30-49/h3-32,35,43,51-52,54-58,61H,33-34,36-42H2,1-2H3,(H,74,83)(H,75,80)(H3,69,73,77,84)(H,70,72,76,79)/t51-,52?,54-,55-,56+,57+,58-,61-,68-/m0/s1. The summed E-state index contributed by atoms with van der Waals surface area (Å²) >= 11 is 0. The molecule has 0 radical (unpaired) electrons. The number of nitrogens with one attached hydrogen (secondary N) is 4. The van der Waals surface area contributed by atoms with Crippen LogP contribution in [0.3, 0.4) is 0 Å². The fraction of sp³-hybridized carbons (Fsp3) is 0.294. The van der Waals surface area contributed by atoms with Crippen LogP contribution in [-0.4, -0.2) is 123 Å². The minimum absolute atomic E-state index is 0.0523. The van der Waals surface area contributed by atoms with Gasteiger partial charge in [0.2, 0.25) is 17.8 Å². The number of alkyl carbamates (subject to hydrolysis) is 2. The van der Waals surface area contributed by atoms with Crippen LogP contribution in [0.4, 0.5) is 15.5 Å². The number of anilines is 1. The number of carbonyl (C=O) groups excluding carboxylic acids is 6. The lowest BCUT2D eigenvalue weighted by Gasteiger charge is -2.53. The number of methoxy groups -OCH3 is 1. The number of amides is 4. The first-order chi connectivity index (χ1) is 45.3. The average molecular weight is 1270 g/mol. The fourth-order valence-electron chi connectivity index (χ4n) is 10.8. The molecule has 482 valence electrons. The van der Waals surface area contributed by atoms with E-state index in [9.17, 15) is 19.2 Å². The minimum Gasteiger partial charge on any atom is -0.467 e. The number of benzene rings is 6. The molecule has 0 bridgehead atoms. The van der Waals surface area contributed by atoms with Gasteiger partial charge in [0.25, 0.3) is 0 Å². The highest BCUT2D eigenvalue weighted by molar-refractivity contribution is 5.94. The minimum atomic E-state index is -1.87. The fourth-order valence-corrected chi connectivity index (χ4v) is 10.8.